The van der Waals surface area contributed by atoms with Crippen LogP contribution < -0.4 is 5.32 Å². The average molecular weight is 332 g/mol. The summed E-state index contributed by atoms with van der Waals surface area (Å²) in [6.45, 7) is 10.1. The molecule has 4 nitrogen and oxygen atoms in total. The quantitative estimate of drug-likeness (QED) is 0.767. The molecule has 0 radical (unpaired) electrons. The highest BCUT2D eigenvalue weighted by Gasteiger charge is 2.26. The number of piperidine rings is 1. The van der Waals surface area contributed by atoms with Gasteiger partial charge in [0.25, 0.3) is 0 Å². The third-order valence-corrected chi connectivity index (χ3v) is 4.74. The molecule has 2 rings (SSSR count). The van der Waals surface area contributed by atoms with Gasteiger partial charge in [-0.25, -0.2) is 0 Å². The Hall–Kier alpha value is -1.39. The van der Waals surface area contributed by atoms with Crippen LogP contribution in [0, 0.1) is 17.8 Å². The molecule has 1 fully saturated rings. The molecule has 1 aromatic rings. The van der Waals surface area contributed by atoms with Crippen molar-refractivity contribution in [3.63, 3.8) is 0 Å². The molecule has 2 N–H and O–H groups in total. The lowest BCUT2D eigenvalue weighted by Crippen LogP contribution is -2.49. The second kappa shape index (κ2) is 9.19. The molecule has 1 aliphatic heterocycles. The van der Waals surface area contributed by atoms with Gasteiger partial charge in [-0.05, 0) is 30.2 Å². The van der Waals surface area contributed by atoms with E-state index in [1.54, 1.807) is 0 Å². The van der Waals surface area contributed by atoms with Crippen molar-refractivity contribution in [2.75, 3.05) is 19.6 Å². The summed E-state index contributed by atoms with van der Waals surface area (Å²) in [7, 11) is 0. The maximum absolute atomic E-state index is 11.4. The molecule has 1 aliphatic rings. The van der Waals surface area contributed by atoms with Crippen LogP contribution in [0.2, 0.25) is 0 Å². The van der Waals surface area contributed by atoms with E-state index in [4.69, 9.17) is 0 Å². The van der Waals surface area contributed by atoms with E-state index in [1.165, 1.54) is 5.56 Å². The summed E-state index contributed by atoms with van der Waals surface area (Å²) in [4.78, 5) is 13.9. The topological polar surface area (TPSA) is 52.6 Å². The van der Waals surface area contributed by atoms with Crippen LogP contribution in [0.4, 0.5) is 0 Å². The zero-order chi connectivity index (χ0) is 17.5. The van der Waals surface area contributed by atoms with Crippen LogP contribution in [0.3, 0.4) is 0 Å². The monoisotopic (exact) mass is 332 g/mol. The molecule has 0 saturated carbocycles. The number of carboxylic acids is 1. The van der Waals surface area contributed by atoms with Crippen molar-refractivity contribution >= 4 is 5.97 Å². The second-order valence-corrected chi connectivity index (χ2v) is 7.79. The van der Waals surface area contributed by atoms with E-state index in [2.05, 4.69) is 55.3 Å². The van der Waals surface area contributed by atoms with E-state index >= 15 is 0 Å². The molecule has 1 aromatic carbocycles. The van der Waals surface area contributed by atoms with Crippen LogP contribution in [0.15, 0.2) is 30.3 Å². The van der Waals surface area contributed by atoms with Crippen LogP contribution in [0.5, 0.6) is 0 Å². The number of carboxylic acid groups (broad SMARTS) is 1. The lowest BCUT2D eigenvalue weighted by atomic mass is 9.93. The van der Waals surface area contributed by atoms with E-state index in [-0.39, 0.29) is 5.92 Å². The first kappa shape index (κ1) is 18.9. The third kappa shape index (κ3) is 6.25. The fourth-order valence-corrected chi connectivity index (χ4v) is 3.73. The molecule has 24 heavy (non-hydrogen) atoms. The van der Waals surface area contributed by atoms with E-state index in [9.17, 15) is 9.90 Å². The Labute approximate surface area is 146 Å². The first-order chi connectivity index (χ1) is 11.4. The van der Waals surface area contributed by atoms with Crippen molar-refractivity contribution in [2.24, 2.45) is 17.8 Å². The van der Waals surface area contributed by atoms with Gasteiger partial charge < -0.3 is 10.4 Å². The van der Waals surface area contributed by atoms with Gasteiger partial charge >= 0.3 is 5.97 Å². The lowest BCUT2D eigenvalue weighted by molar-refractivity contribution is -0.142. The Morgan fingerprint density at radius 1 is 1.29 bits per heavy atom. The Morgan fingerprint density at radius 3 is 2.62 bits per heavy atom. The predicted octanol–water partition coefficient (Wildman–Crippen LogP) is 3.23. The molecule has 4 heteroatoms. The number of rotatable bonds is 8. The molecular weight excluding hydrogens is 300 g/mol. The largest absolute Gasteiger partial charge is 0.481 e. The van der Waals surface area contributed by atoms with Gasteiger partial charge in [-0.1, -0.05) is 51.1 Å². The molecule has 0 aliphatic carbocycles. The highest BCUT2D eigenvalue weighted by Crippen LogP contribution is 2.19. The zero-order valence-corrected chi connectivity index (χ0v) is 15.2. The fraction of sp³-hybridized carbons (Fsp3) is 0.650. The van der Waals surface area contributed by atoms with Crippen molar-refractivity contribution in [3.8, 4) is 0 Å². The van der Waals surface area contributed by atoms with Gasteiger partial charge in [-0.3, -0.25) is 9.69 Å². The van der Waals surface area contributed by atoms with Crippen LogP contribution in [0.25, 0.3) is 0 Å². The summed E-state index contributed by atoms with van der Waals surface area (Å²) in [6, 6.07) is 10.9. The van der Waals surface area contributed by atoms with Gasteiger partial charge in [0.2, 0.25) is 0 Å². The number of hydrogen-bond acceptors (Lipinski definition) is 3. The molecule has 3 atom stereocenters. The summed E-state index contributed by atoms with van der Waals surface area (Å²) in [6.07, 6.45) is 1.86. The minimum absolute atomic E-state index is 0.287. The first-order valence-corrected chi connectivity index (χ1v) is 9.16. The normalized spacial score (nSPS) is 23.3. The minimum atomic E-state index is -0.679. The summed E-state index contributed by atoms with van der Waals surface area (Å²) >= 11 is 0. The molecule has 134 valence electrons. The van der Waals surface area contributed by atoms with Crippen molar-refractivity contribution in [3.05, 3.63) is 35.9 Å². The SMILES string of the molecule is CC(C)CC(CNC1CC(C)CN(Cc2ccccc2)C1)C(=O)O. The summed E-state index contributed by atoms with van der Waals surface area (Å²) in [5.41, 5.74) is 1.34. The number of nitrogens with one attached hydrogen (secondary N) is 1. The second-order valence-electron chi connectivity index (χ2n) is 7.79. The smallest absolute Gasteiger partial charge is 0.307 e. The van der Waals surface area contributed by atoms with E-state index in [1.807, 2.05) is 6.07 Å². The fourth-order valence-electron chi connectivity index (χ4n) is 3.73. The Kier molecular flexibility index (Phi) is 7.25. The molecule has 0 aromatic heterocycles. The maximum atomic E-state index is 11.4. The van der Waals surface area contributed by atoms with Crippen LogP contribution in [0.1, 0.15) is 39.2 Å². The number of carbonyl (C=O) groups is 1. The number of hydrogen-bond donors (Lipinski definition) is 2. The van der Waals surface area contributed by atoms with Crippen LogP contribution >= 0.6 is 0 Å². The molecular formula is C20H32N2O2. The summed E-state index contributed by atoms with van der Waals surface area (Å²) < 4.78 is 0. The van der Waals surface area contributed by atoms with Crippen molar-refractivity contribution in [1.29, 1.82) is 0 Å². The predicted molar refractivity (Wildman–Crippen MR) is 97.9 cm³/mol. The first-order valence-electron chi connectivity index (χ1n) is 9.16. The van der Waals surface area contributed by atoms with Gasteiger partial charge in [-0.2, -0.15) is 0 Å². The summed E-state index contributed by atoms with van der Waals surface area (Å²) in [5, 5.41) is 12.9. The van der Waals surface area contributed by atoms with Gasteiger partial charge in [0.1, 0.15) is 0 Å². The van der Waals surface area contributed by atoms with Crippen molar-refractivity contribution in [2.45, 2.75) is 46.2 Å². The molecule has 0 spiro atoms. The molecule has 1 heterocycles. The highest BCUT2D eigenvalue weighted by molar-refractivity contribution is 5.70. The highest BCUT2D eigenvalue weighted by atomic mass is 16.4. The van der Waals surface area contributed by atoms with Crippen LogP contribution in [-0.4, -0.2) is 41.7 Å². The number of likely N-dealkylation sites (tertiary alicyclic amines) is 1. The maximum Gasteiger partial charge on any atom is 0.307 e. The lowest BCUT2D eigenvalue weighted by Gasteiger charge is -2.37. The molecule has 1 saturated heterocycles. The molecule has 0 bridgehead atoms. The van der Waals surface area contributed by atoms with Crippen molar-refractivity contribution < 1.29 is 9.90 Å². The Balaban J connectivity index is 1.87. The van der Waals surface area contributed by atoms with Crippen LogP contribution in [-0.2, 0) is 11.3 Å². The standard InChI is InChI=1S/C20H32N2O2/c1-15(2)9-18(20(23)24)11-21-19-10-16(3)12-22(14-19)13-17-7-5-4-6-8-17/h4-8,15-16,18-19,21H,9-14H2,1-3H3,(H,23,24). The van der Waals surface area contributed by atoms with Crippen molar-refractivity contribution in [1.82, 2.24) is 10.2 Å². The third-order valence-electron chi connectivity index (χ3n) is 4.74. The number of benzene rings is 1. The number of aliphatic carboxylic acids is 1. The van der Waals surface area contributed by atoms with Gasteiger partial charge in [0, 0.05) is 32.2 Å². The van der Waals surface area contributed by atoms with E-state index < -0.39 is 5.97 Å². The van der Waals surface area contributed by atoms with E-state index in [0.717, 1.165) is 32.5 Å². The molecule has 0 amide bonds. The average Bonchev–Trinajstić information content (AvgIpc) is 2.51. The Bertz CT molecular complexity index is 504. The van der Waals surface area contributed by atoms with Gasteiger partial charge in [0.15, 0.2) is 0 Å². The van der Waals surface area contributed by atoms with Gasteiger partial charge in [0.05, 0.1) is 5.92 Å². The minimum Gasteiger partial charge on any atom is -0.481 e. The summed E-state index contributed by atoms with van der Waals surface area (Å²) in [5.74, 6) is 0.0760. The Morgan fingerprint density at radius 2 is 2.00 bits per heavy atom. The number of nitrogens with zero attached hydrogens (tertiary/aromatic N) is 1. The molecule has 3 unspecified atom stereocenters. The van der Waals surface area contributed by atoms with Gasteiger partial charge in [-0.15, -0.1) is 0 Å². The zero-order valence-electron chi connectivity index (χ0n) is 15.2. The van der Waals surface area contributed by atoms with E-state index in [0.29, 0.717) is 24.4 Å².